The van der Waals surface area contributed by atoms with Crippen LogP contribution in [-0.2, 0) is 11.2 Å². The van der Waals surface area contributed by atoms with Gasteiger partial charge in [-0.2, -0.15) is 0 Å². The molecule has 144 valence electrons. The maximum absolute atomic E-state index is 13.1. The van der Waals surface area contributed by atoms with E-state index < -0.39 is 23.7 Å². The first kappa shape index (κ1) is 18.6. The second-order valence-electron chi connectivity index (χ2n) is 6.87. The Labute approximate surface area is 166 Å². The topological polar surface area (TPSA) is 66.4 Å². The van der Waals surface area contributed by atoms with Crippen LogP contribution in [0.3, 0.4) is 0 Å². The molecule has 0 heterocycles. The summed E-state index contributed by atoms with van der Waals surface area (Å²) in [5, 5.41) is 16.2. The Morgan fingerprint density at radius 2 is 1.41 bits per heavy atom. The summed E-state index contributed by atoms with van der Waals surface area (Å²) in [7, 11) is 0. The third kappa shape index (κ3) is 3.80. The fourth-order valence-corrected chi connectivity index (χ4v) is 3.57. The molecule has 4 nitrogen and oxygen atoms in total. The number of fused-ring (bicyclic) bond motifs is 2. The second-order valence-corrected chi connectivity index (χ2v) is 6.87. The van der Waals surface area contributed by atoms with E-state index in [2.05, 4.69) is 11.4 Å². The van der Waals surface area contributed by atoms with Gasteiger partial charge in [0.15, 0.2) is 0 Å². The molecular formula is C24H18FNO3. The second kappa shape index (κ2) is 7.72. The first-order valence-corrected chi connectivity index (χ1v) is 9.21. The van der Waals surface area contributed by atoms with Gasteiger partial charge >= 0.3 is 5.97 Å². The lowest BCUT2D eigenvalue weighted by molar-refractivity contribution is -0.139. The Hall–Kier alpha value is -3.73. The number of carbonyl (C=O) groups excluding carboxylic acids is 1. The van der Waals surface area contributed by atoms with Gasteiger partial charge in [-0.1, -0.05) is 48.5 Å². The molecule has 4 aromatic rings. The van der Waals surface area contributed by atoms with E-state index in [0.717, 1.165) is 27.1 Å². The van der Waals surface area contributed by atoms with E-state index in [1.165, 1.54) is 24.3 Å². The molecule has 1 amide bonds. The van der Waals surface area contributed by atoms with Gasteiger partial charge in [0, 0.05) is 12.0 Å². The van der Waals surface area contributed by atoms with Crippen molar-refractivity contribution in [3.05, 3.63) is 95.8 Å². The lowest BCUT2D eigenvalue weighted by Gasteiger charge is -2.18. The highest BCUT2D eigenvalue weighted by atomic mass is 19.1. The quantitative estimate of drug-likeness (QED) is 0.494. The number of nitrogens with one attached hydrogen (secondary N) is 1. The van der Waals surface area contributed by atoms with Crippen LogP contribution in [0.1, 0.15) is 15.9 Å². The van der Waals surface area contributed by atoms with E-state index >= 15 is 0 Å². The summed E-state index contributed by atoms with van der Waals surface area (Å²) in [5.41, 5.74) is 1.07. The van der Waals surface area contributed by atoms with Gasteiger partial charge in [-0.25, -0.2) is 9.18 Å². The highest BCUT2D eigenvalue weighted by Crippen LogP contribution is 2.29. The van der Waals surface area contributed by atoms with Crippen LogP contribution in [0.5, 0.6) is 0 Å². The van der Waals surface area contributed by atoms with Crippen molar-refractivity contribution in [2.24, 2.45) is 0 Å². The number of benzene rings is 4. The van der Waals surface area contributed by atoms with Crippen LogP contribution in [0.15, 0.2) is 78.9 Å². The highest BCUT2D eigenvalue weighted by Gasteiger charge is 2.23. The number of aliphatic carboxylic acids is 1. The molecule has 4 aromatic carbocycles. The summed E-state index contributed by atoms with van der Waals surface area (Å²) in [6.07, 6.45) is 0.129. The molecule has 0 aromatic heterocycles. The van der Waals surface area contributed by atoms with Crippen molar-refractivity contribution in [2.45, 2.75) is 12.5 Å². The number of halogens is 1. The van der Waals surface area contributed by atoms with E-state index in [1.807, 2.05) is 48.5 Å². The molecule has 0 saturated carbocycles. The standard InChI is InChI=1S/C24H18FNO3/c25-18-11-9-15(10-12-18)23(27)26-22(24(28)29)14-21-19-7-3-1-5-16(19)13-17-6-2-4-8-20(17)21/h1-13,22H,14H2,(H,26,27)(H,28,29)/t22-/m0/s1. The zero-order valence-corrected chi connectivity index (χ0v) is 15.4. The molecule has 0 aliphatic carbocycles. The Morgan fingerprint density at radius 3 is 1.97 bits per heavy atom. The van der Waals surface area contributed by atoms with Crippen molar-refractivity contribution < 1.29 is 19.1 Å². The minimum Gasteiger partial charge on any atom is -0.480 e. The number of carboxylic acid groups (broad SMARTS) is 1. The lowest BCUT2D eigenvalue weighted by Crippen LogP contribution is -2.42. The van der Waals surface area contributed by atoms with Crippen LogP contribution in [0.4, 0.5) is 4.39 Å². The van der Waals surface area contributed by atoms with Crippen LogP contribution in [0, 0.1) is 5.82 Å². The molecular weight excluding hydrogens is 369 g/mol. The predicted molar refractivity (Wildman–Crippen MR) is 110 cm³/mol. The molecule has 0 bridgehead atoms. The van der Waals surface area contributed by atoms with Gasteiger partial charge < -0.3 is 10.4 Å². The van der Waals surface area contributed by atoms with Crippen molar-refractivity contribution in [2.75, 3.05) is 0 Å². The maximum Gasteiger partial charge on any atom is 0.326 e. The third-order valence-electron chi connectivity index (χ3n) is 5.00. The van der Waals surface area contributed by atoms with Crippen molar-refractivity contribution in [3.63, 3.8) is 0 Å². The molecule has 0 spiro atoms. The fraction of sp³-hybridized carbons (Fsp3) is 0.0833. The summed E-state index contributed by atoms with van der Waals surface area (Å²) >= 11 is 0. The van der Waals surface area contributed by atoms with Gasteiger partial charge in [0.2, 0.25) is 0 Å². The number of carboxylic acids is 1. The number of rotatable bonds is 5. The van der Waals surface area contributed by atoms with Crippen LogP contribution < -0.4 is 5.32 Å². The van der Waals surface area contributed by atoms with Gasteiger partial charge in [0.05, 0.1) is 0 Å². The largest absolute Gasteiger partial charge is 0.480 e. The normalized spacial score (nSPS) is 12.0. The van der Waals surface area contributed by atoms with Gasteiger partial charge in [-0.05, 0) is 57.4 Å². The average Bonchev–Trinajstić information content (AvgIpc) is 2.73. The molecule has 1 atom stereocenters. The van der Waals surface area contributed by atoms with Crippen LogP contribution in [-0.4, -0.2) is 23.0 Å². The molecule has 4 rings (SSSR count). The smallest absolute Gasteiger partial charge is 0.326 e. The molecule has 5 heteroatoms. The van der Waals surface area contributed by atoms with Gasteiger partial charge in [-0.3, -0.25) is 4.79 Å². The molecule has 0 saturated heterocycles. The molecule has 0 fully saturated rings. The Balaban J connectivity index is 1.73. The van der Waals surface area contributed by atoms with Crippen molar-refractivity contribution in [3.8, 4) is 0 Å². The summed E-state index contributed by atoms with van der Waals surface area (Å²) < 4.78 is 13.1. The SMILES string of the molecule is O=C(N[C@@H](Cc1c2ccccc2cc2ccccc12)C(=O)O)c1ccc(F)cc1. The van der Waals surface area contributed by atoms with Crippen LogP contribution in [0.25, 0.3) is 21.5 Å². The van der Waals surface area contributed by atoms with Gasteiger partial charge in [-0.15, -0.1) is 0 Å². The highest BCUT2D eigenvalue weighted by molar-refractivity contribution is 6.03. The lowest BCUT2D eigenvalue weighted by atomic mass is 9.92. The summed E-state index contributed by atoms with van der Waals surface area (Å²) in [4.78, 5) is 24.4. The van der Waals surface area contributed by atoms with Crippen LogP contribution in [0.2, 0.25) is 0 Å². The molecule has 2 N–H and O–H groups in total. The minimum atomic E-state index is -1.13. The van der Waals surface area contributed by atoms with Crippen molar-refractivity contribution in [1.29, 1.82) is 0 Å². The number of amides is 1. The Bertz CT molecular complexity index is 1160. The maximum atomic E-state index is 13.1. The number of carbonyl (C=O) groups is 2. The summed E-state index contributed by atoms with van der Waals surface area (Å²) in [5.74, 6) is -2.14. The minimum absolute atomic E-state index is 0.129. The van der Waals surface area contributed by atoms with E-state index in [1.54, 1.807) is 0 Å². The number of hydrogen-bond donors (Lipinski definition) is 2. The molecule has 0 unspecified atom stereocenters. The zero-order chi connectivity index (χ0) is 20.4. The van der Waals surface area contributed by atoms with Crippen molar-refractivity contribution in [1.82, 2.24) is 5.32 Å². The summed E-state index contributed by atoms with van der Waals surface area (Å²) in [6.45, 7) is 0. The number of hydrogen-bond acceptors (Lipinski definition) is 2. The van der Waals surface area contributed by atoms with Crippen LogP contribution >= 0.6 is 0 Å². The van der Waals surface area contributed by atoms with E-state index in [9.17, 15) is 19.1 Å². The van der Waals surface area contributed by atoms with E-state index in [4.69, 9.17) is 0 Å². The zero-order valence-electron chi connectivity index (χ0n) is 15.4. The molecule has 0 radical (unpaired) electrons. The fourth-order valence-electron chi connectivity index (χ4n) is 3.57. The predicted octanol–water partition coefficient (Wildman–Crippen LogP) is 4.56. The summed E-state index contributed by atoms with van der Waals surface area (Å²) in [6, 6.07) is 21.5. The van der Waals surface area contributed by atoms with Gasteiger partial charge in [0.25, 0.3) is 5.91 Å². The first-order chi connectivity index (χ1) is 14.0. The third-order valence-corrected chi connectivity index (χ3v) is 5.00. The van der Waals surface area contributed by atoms with E-state index in [0.29, 0.717) is 0 Å². The van der Waals surface area contributed by atoms with Crippen molar-refractivity contribution >= 4 is 33.4 Å². The Kier molecular flexibility index (Phi) is 4.96. The first-order valence-electron chi connectivity index (χ1n) is 9.21. The molecule has 0 aliphatic rings. The van der Waals surface area contributed by atoms with Gasteiger partial charge in [0.1, 0.15) is 11.9 Å². The average molecular weight is 387 g/mol. The Morgan fingerprint density at radius 1 is 0.862 bits per heavy atom. The molecule has 0 aliphatic heterocycles. The van der Waals surface area contributed by atoms with E-state index in [-0.39, 0.29) is 12.0 Å². The molecule has 29 heavy (non-hydrogen) atoms. The monoisotopic (exact) mass is 387 g/mol.